The van der Waals surface area contributed by atoms with E-state index in [-0.39, 0.29) is 43.3 Å². The molecular formula is C17H18FN5O5. The number of hydrogen-bond acceptors (Lipinski definition) is 9. The van der Waals surface area contributed by atoms with Crippen molar-refractivity contribution >= 4 is 17.0 Å². The summed E-state index contributed by atoms with van der Waals surface area (Å²) < 4.78 is 30.4. The van der Waals surface area contributed by atoms with Gasteiger partial charge in [0.1, 0.15) is 5.76 Å². The van der Waals surface area contributed by atoms with Gasteiger partial charge in [-0.1, -0.05) is 5.92 Å². The van der Waals surface area contributed by atoms with E-state index >= 15 is 0 Å². The van der Waals surface area contributed by atoms with Crippen LogP contribution in [0.2, 0.25) is 0 Å². The molecule has 0 bridgehead atoms. The molecule has 10 nitrogen and oxygen atoms in total. The Morgan fingerprint density at radius 2 is 2.25 bits per heavy atom. The highest BCUT2D eigenvalue weighted by Gasteiger charge is 2.26. The van der Waals surface area contributed by atoms with Crippen molar-refractivity contribution in [3.63, 3.8) is 0 Å². The second kappa shape index (κ2) is 7.79. The maximum absolute atomic E-state index is 13.9. The van der Waals surface area contributed by atoms with Gasteiger partial charge in [0.05, 0.1) is 19.5 Å². The second-order valence-corrected chi connectivity index (χ2v) is 5.99. The Morgan fingerprint density at radius 3 is 2.86 bits per heavy atom. The van der Waals surface area contributed by atoms with Crippen molar-refractivity contribution in [2.45, 2.75) is 32.0 Å². The Bertz CT molecular complexity index is 1080. The van der Waals surface area contributed by atoms with Crippen LogP contribution in [0, 0.1) is 25.3 Å². The summed E-state index contributed by atoms with van der Waals surface area (Å²) in [5.41, 5.74) is -0.600. The first kappa shape index (κ1) is 19.5. The number of hydrogen-bond donors (Lipinski definition) is 2. The zero-order valence-corrected chi connectivity index (χ0v) is 15.2. The number of ether oxygens (including phenoxy) is 1. The van der Waals surface area contributed by atoms with Crippen LogP contribution < -0.4 is 11.1 Å². The Labute approximate surface area is 158 Å². The van der Waals surface area contributed by atoms with Crippen LogP contribution in [0.25, 0.3) is 11.2 Å². The van der Waals surface area contributed by atoms with Gasteiger partial charge in [0, 0.05) is 20.1 Å². The van der Waals surface area contributed by atoms with Gasteiger partial charge in [0.2, 0.25) is 0 Å². The summed E-state index contributed by atoms with van der Waals surface area (Å²) in [5, 5.41) is 12.3. The molecule has 11 heteroatoms. The van der Waals surface area contributed by atoms with Crippen molar-refractivity contribution < 1.29 is 23.1 Å². The van der Waals surface area contributed by atoms with Crippen molar-refractivity contribution in [2.24, 2.45) is 0 Å². The lowest BCUT2D eigenvalue weighted by Crippen LogP contribution is -2.35. The number of nitrogens with one attached hydrogen (secondary N) is 1. The number of aryl methyl sites for hydroxylation is 2. The van der Waals surface area contributed by atoms with Crippen LogP contribution in [0.4, 0.5) is 10.2 Å². The molecule has 0 fully saturated rings. The van der Waals surface area contributed by atoms with E-state index in [1.807, 2.05) is 0 Å². The highest BCUT2D eigenvalue weighted by Crippen LogP contribution is 2.22. The molecule has 1 unspecified atom stereocenters. The molecule has 0 aromatic carbocycles. The van der Waals surface area contributed by atoms with Crippen molar-refractivity contribution in [3.8, 4) is 12.3 Å². The summed E-state index contributed by atoms with van der Waals surface area (Å²) in [6.07, 6.45) is 6.20. The van der Waals surface area contributed by atoms with Crippen LogP contribution in [-0.2, 0) is 17.8 Å². The maximum atomic E-state index is 13.9. The number of imidazole rings is 1. The number of aliphatic hydroxyl groups excluding tert-OH is 1. The molecule has 0 radical (unpaired) electrons. The molecule has 3 heterocycles. The molecule has 28 heavy (non-hydrogen) atoms. The first-order valence-electron chi connectivity index (χ1n) is 8.27. The molecule has 0 saturated carbocycles. The number of nitrogens with zero attached hydrogens (tertiary/aromatic N) is 4. The monoisotopic (exact) mass is 391 g/mol. The molecule has 3 rings (SSSR count). The Kier molecular flexibility index (Phi) is 5.43. The molecule has 3 aromatic rings. The number of terminal acetylenes is 1. The van der Waals surface area contributed by atoms with Gasteiger partial charge < -0.3 is 28.6 Å². The van der Waals surface area contributed by atoms with Crippen molar-refractivity contribution in [2.75, 3.05) is 19.0 Å². The molecule has 0 aliphatic heterocycles. The summed E-state index contributed by atoms with van der Waals surface area (Å²) >= 11 is 0. The van der Waals surface area contributed by atoms with Crippen LogP contribution >= 0.6 is 0 Å². The summed E-state index contributed by atoms with van der Waals surface area (Å²) in [6, 6.07) is 0. The third-order valence-corrected chi connectivity index (χ3v) is 4.35. The number of rotatable bonds is 8. The highest BCUT2D eigenvalue weighted by molar-refractivity contribution is 5.82. The maximum Gasteiger partial charge on any atom is 0.519 e. The predicted molar refractivity (Wildman–Crippen MR) is 94.9 cm³/mol. The van der Waals surface area contributed by atoms with E-state index in [2.05, 4.69) is 26.2 Å². The van der Waals surface area contributed by atoms with Crippen molar-refractivity contribution in [1.29, 1.82) is 0 Å². The normalized spacial score (nSPS) is 13.4. The Morgan fingerprint density at radius 1 is 1.46 bits per heavy atom. The Hall–Kier alpha value is -3.23. The fourth-order valence-electron chi connectivity index (χ4n) is 2.63. The molecule has 1 atom stereocenters. The van der Waals surface area contributed by atoms with Gasteiger partial charge in [-0.3, -0.25) is 0 Å². The van der Waals surface area contributed by atoms with E-state index < -0.39 is 17.5 Å². The van der Waals surface area contributed by atoms with Crippen LogP contribution in [0.1, 0.15) is 17.9 Å². The number of halogens is 1. The van der Waals surface area contributed by atoms with Gasteiger partial charge in [0.15, 0.2) is 28.3 Å². The van der Waals surface area contributed by atoms with Gasteiger partial charge in [0.25, 0.3) is 0 Å². The molecular weight excluding hydrogens is 373 g/mol. The fourth-order valence-corrected chi connectivity index (χ4v) is 2.63. The van der Waals surface area contributed by atoms with Crippen molar-refractivity contribution in [3.05, 3.63) is 34.5 Å². The molecule has 2 N–H and O–H groups in total. The van der Waals surface area contributed by atoms with E-state index in [4.69, 9.17) is 20.0 Å². The van der Waals surface area contributed by atoms with E-state index in [0.717, 1.165) is 0 Å². The molecule has 148 valence electrons. The molecule has 0 saturated heterocycles. The van der Waals surface area contributed by atoms with Crippen LogP contribution in [0.3, 0.4) is 0 Å². The molecule has 0 spiro atoms. The molecule has 3 aromatic heterocycles. The minimum Gasteiger partial charge on any atom is -0.396 e. The molecule has 0 amide bonds. The Balaban J connectivity index is 1.85. The van der Waals surface area contributed by atoms with E-state index in [0.29, 0.717) is 11.3 Å². The van der Waals surface area contributed by atoms with Crippen molar-refractivity contribution in [1.82, 2.24) is 19.5 Å². The van der Waals surface area contributed by atoms with Gasteiger partial charge in [-0.25, -0.2) is 9.78 Å². The number of fused-ring (bicyclic) bond motifs is 1. The average molecular weight is 391 g/mol. The van der Waals surface area contributed by atoms with E-state index in [1.54, 1.807) is 11.5 Å². The zero-order chi connectivity index (χ0) is 20.3. The molecule has 0 aliphatic rings. The number of anilines is 1. The first-order chi connectivity index (χ1) is 13.4. The van der Waals surface area contributed by atoms with Crippen LogP contribution in [0.5, 0.6) is 0 Å². The minimum absolute atomic E-state index is 0.0460. The van der Waals surface area contributed by atoms with E-state index in [9.17, 15) is 14.3 Å². The lowest BCUT2D eigenvalue weighted by atomic mass is 10.0. The third-order valence-electron chi connectivity index (χ3n) is 4.35. The largest absolute Gasteiger partial charge is 0.519 e. The first-order valence-corrected chi connectivity index (χ1v) is 8.27. The SMILES string of the molecule is C#CC(CO)(CCn1cnc2c(NCc3oc(=O)oc3C)nc(F)nc21)OC. The van der Waals surface area contributed by atoms with Crippen LogP contribution in [0.15, 0.2) is 20.0 Å². The van der Waals surface area contributed by atoms with Gasteiger partial charge in [-0.2, -0.15) is 14.4 Å². The lowest BCUT2D eigenvalue weighted by Gasteiger charge is -2.24. The average Bonchev–Trinajstić information content (AvgIpc) is 3.23. The summed E-state index contributed by atoms with van der Waals surface area (Å²) in [4.78, 5) is 22.8. The highest BCUT2D eigenvalue weighted by atomic mass is 19.1. The van der Waals surface area contributed by atoms with Gasteiger partial charge >= 0.3 is 11.9 Å². The van der Waals surface area contributed by atoms with Gasteiger partial charge in [-0.15, -0.1) is 6.42 Å². The predicted octanol–water partition coefficient (Wildman–Crippen LogP) is 0.833. The number of methoxy groups -OCH3 is 1. The summed E-state index contributed by atoms with van der Waals surface area (Å²) in [6.45, 7) is 1.53. The molecule has 0 aliphatic carbocycles. The smallest absolute Gasteiger partial charge is 0.396 e. The summed E-state index contributed by atoms with van der Waals surface area (Å²) in [7, 11) is 1.40. The quantitative estimate of drug-likeness (QED) is 0.424. The van der Waals surface area contributed by atoms with Crippen LogP contribution in [-0.4, -0.2) is 43.9 Å². The minimum atomic E-state index is -1.15. The van der Waals surface area contributed by atoms with Gasteiger partial charge in [-0.05, 0) is 6.92 Å². The summed E-state index contributed by atoms with van der Waals surface area (Å²) in [5.74, 6) is 2.30. The standard InChI is InChI=1S/C17H18FN5O5/c1-4-17(8-24,26-3)5-6-23-9-20-12-13(21-15(18)22-14(12)23)19-7-11-10(2)27-16(25)28-11/h1,9,24H,5-8H2,2-3H3,(H,19,21,22). The number of aliphatic hydroxyl groups is 1. The lowest BCUT2D eigenvalue weighted by molar-refractivity contribution is -0.0147. The number of aromatic nitrogens is 4. The fraction of sp³-hybridized carbons (Fsp3) is 0.412. The zero-order valence-electron chi connectivity index (χ0n) is 15.2. The second-order valence-electron chi connectivity index (χ2n) is 5.99. The topological polar surface area (TPSA) is 128 Å². The third kappa shape index (κ3) is 3.73. The van der Waals surface area contributed by atoms with E-state index in [1.165, 1.54) is 13.4 Å².